The average Bonchev–Trinajstić information content (AvgIpc) is 2.82. The number of carbonyl (C=O) groups excluding carboxylic acids is 2. The zero-order chi connectivity index (χ0) is 22.3. The van der Waals surface area contributed by atoms with Crippen LogP contribution in [-0.2, 0) is 11.3 Å². The molecule has 0 radical (unpaired) electrons. The minimum Gasteiger partial charge on any atom is -0.339 e. The van der Waals surface area contributed by atoms with Crippen LogP contribution >= 0.6 is 0 Å². The van der Waals surface area contributed by atoms with Crippen molar-refractivity contribution in [2.45, 2.75) is 38.8 Å². The molecule has 2 heterocycles. The van der Waals surface area contributed by atoms with E-state index < -0.39 is 0 Å². The van der Waals surface area contributed by atoms with Crippen LogP contribution in [0.2, 0.25) is 0 Å². The maximum Gasteiger partial charge on any atom is 0.255 e. The van der Waals surface area contributed by atoms with Gasteiger partial charge in [0.05, 0.1) is 6.54 Å². The molecule has 6 heteroatoms. The normalized spacial score (nSPS) is 20.2. The Hall–Kier alpha value is -2.70. The van der Waals surface area contributed by atoms with Crippen molar-refractivity contribution in [2.24, 2.45) is 0 Å². The maximum atomic E-state index is 12.7. The first-order valence-electron chi connectivity index (χ1n) is 11.8. The van der Waals surface area contributed by atoms with Crippen LogP contribution in [0.25, 0.3) is 0 Å². The van der Waals surface area contributed by atoms with Crippen LogP contribution < -0.4 is 5.32 Å². The molecule has 0 aliphatic carbocycles. The second kappa shape index (κ2) is 10.7. The summed E-state index contributed by atoms with van der Waals surface area (Å²) in [5.41, 5.74) is 2.66. The third-order valence-electron chi connectivity index (χ3n) is 6.60. The Morgan fingerprint density at radius 2 is 1.56 bits per heavy atom. The van der Waals surface area contributed by atoms with Crippen LogP contribution in [0.15, 0.2) is 54.6 Å². The highest BCUT2D eigenvalue weighted by molar-refractivity contribution is 6.04. The number of hydrogen-bond donors (Lipinski definition) is 1. The van der Waals surface area contributed by atoms with Crippen LogP contribution in [0.1, 0.15) is 42.1 Å². The third kappa shape index (κ3) is 5.96. The number of nitrogens with one attached hydrogen (secondary N) is 1. The molecule has 6 nitrogen and oxygen atoms in total. The molecule has 1 atom stereocenters. The van der Waals surface area contributed by atoms with Gasteiger partial charge < -0.3 is 10.2 Å². The van der Waals surface area contributed by atoms with Gasteiger partial charge in [-0.25, -0.2) is 0 Å². The number of anilines is 1. The van der Waals surface area contributed by atoms with E-state index in [1.54, 1.807) is 0 Å². The molecule has 2 amide bonds. The minimum atomic E-state index is -0.0935. The number of hydrogen-bond acceptors (Lipinski definition) is 4. The second-order valence-corrected chi connectivity index (χ2v) is 9.00. The van der Waals surface area contributed by atoms with Crippen molar-refractivity contribution >= 4 is 17.5 Å². The molecule has 2 aromatic carbocycles. The first kappa shape index (κ1) is 22.5. The SMILES string of the molecule is CC1CCCCN1C(=O)CN1CCN(Cc2ccc(C(=O)Nc3ccccc3)cc2)CC1. The predicted octanol–water partition coefficient (Wildman–Crippen LogP) is 3.46. The largest absolute Gasteiger partial charge is 0.339 e. The van der Waals surface area contributed by atoms with Gasteiger partial charge in [0.2, 0.25) is 5.91 Å². The summed E-state index contributed by atoms with van der Waals surface area (Å²) in [5.74, 6) is 0.194. The first-order chi connectivity index (χ1) is 15.6. The molecule has 4 rings (SSSR count). The molecule has 2 fully saturated rings. The lowest BCUT2D eigenvalue weighted by molar-refractivity contribution is -0.136. The molecule has 1 unspecified atom stereocenters. The minimum absolute atomic E-state index is 0.0935. The lowest BCUT2D eigenvalue weighted by atomic mass is 10.0. The number of amides is 2. The van der Waals surface area contributed by atoms with Crippen LogP contribution in [0, 0.1) is 0 Å². The van der Waals surface area contributed by atoms with Gasteiger partial charge in [-0.05, 0) is 56.0 Å². The summed E-state index contributed by atoms with van der Waals surface area (Å²) in [6.45, 7) is 8.26. The van der Waals surface area contributed by atoms with E-state index in [4.69, 9.17) is 0 Å². The van der Waals surface area contributed by atoms with Gasteiger partial charge in [-0.1, -0.05) is 30.3 Å². The maximum absolute atomic E-state index is 12.7. The van der Waals surface area contributed by atoms with E-state index >= 15 is 0 Å². The van der Waals surface area contributed by atoms with Crippen LogP contribution in [0.5, 0.6) is 0 Å². The highest BCUT2D eigenvalue weighted by atomic mass is 16.2. The fraction of sp³-hybridized carbons (Fsp3) is 0.462. The van der Waals surface area contributed by atoms with Crippen molar-refractivity contribution in [3.8, 4) is 0 Å². The number of rotatable bonds is 6. The fourth-order valence-corrected chi connectivity index (χ4v) is 4.60. The number of likely N-dealkylation sites (tertiary alicyclic amines) is 1. The van der Waals surface area contributed by atoms with Gasteiger partial charge >= 0.3 is 0 Å². The van der Waals surface area contributed by atoms with E-state index in [-0.39, 0.29) is 11.8 Å². The summed E-state index contributed by atoms with van der Waals surface area (Å²) in [6, 6.07) is 17.7. The molecule has 0 aromatic heterocycles. The number of carbonyl (C=O) groups is 2. The summed E-state index contributed by atoms with van der Waals surface area (Å²) in [4.78, 5) is 31.9. The molecule has 0 saturated carbocycles. The number of benzene rings is 2. The Labute approximate surface area is 191 Å². The molecule has 32 heavy (non-hydrogen) atoms. The van der Waals surface area contributed by atoms with Crippen molar-refractivity contribution in [3.63, 3.8) is 0 Å². The Morgan fingerprint density at radius 1 is 0.875 bits per heavy atom. The molecule has 2 aliphatic heterocycles. The lowest BCUT2D eigenvalue weighted by Crippen LogP contribution is -2.51. The van der Waals surface area contributed by atoms with Crippen molar-refractivity contribution in [2.75, 3.05) is 44.6 Å². The summed E-state index contributed by atoms with van der Waals surface area (Å²) in [6.07, 6.45) is 3.51. The van der Waals surface area contributed by atoms with Crippen LogP contribution in [0.3, 0.4) is 0 Å². The second-order valence-electron chi connectivity index (χ2n) is 9.00. The lowest BCUT2D eigenvalue weighted by Gasteiger charge is -2.38. The molecule has 170 valence electrons. The number of piperidine rings is 1. The van der Waals surface area contributed by atoms with Gasteiger partial charge in [-0.2, -0.15) is 0 Å². The highest BCUT2D eigenvalue weighted by Gasteiger charge is 2.26. The smallest absolute Gasteiger partial charge is 0.255 e. The Kier molecular flexibility index (Phi) is 7.55. The summed E-state index contributed by atoms with van der Waals surface area (Å²) in [5, 5.41) is 2.92. The van der Waals surface area contributed by atoms with E-state index in [1.165, 1.54) is 12.0 Å². The van der Waals surface area contributed by atoms with Crippen LogP contribution in [-0.4, -0.2) is 71.8 Å². The summed E-state index contributed by atoms with van der Waals surface area (Å²) >= 11 is 0. The molecule has 0 spiro atoms. The van der Waals surface area contributed by atoms with Gasteiger partial charge in [0.15, 0.2) is 0 Å². The molecule has 2 aliphatic rings. The Bertz CT molecular complexity index is 892. The zero-order valence-corrected chi connectivity index (χ0v) is 19.0. The standard InChI is InChI=1S/C26H34N4O2/c1-21-7-5-6-14-30(21)25(31)20-29-17-15-28(16-18-29)19-22-10-12-23(13-11-22)26(32)27-24-8-3-2-4-9-24/h2-4,8-13,21H,5-7,14-20H2,1H3,(H,27,32). The van der Waals surface area contributed by atoms with E-state index in [9.17, 15) is 9.59 Å². The third-order valence-corrected chi connectivity index (χ3v) is 6.60. The van der Waals surface area contributed by atoms with E-state index in [0.717, 1.165) is 57.8 Å². The first-order valence-corrected chi connectivity index (χ1v) is 11.8. The molecular weight excluding hydrogens is 400 g/mol. The van der Waals surface area contributed by atoms with Gasteiger partial charge in [0.25, 0.3) is 5.91 Å². The number of para-hydroxylation sites is 1. The van der Waals surface area contributed by atoms with Gasteiger partial charge in [0.1, 0.15) is 0 Å². The predicted molar refractivity (Wildman–Crippen MR) is 128 cm³/mol. The number of nitrogens with zero attached hydrogens (tertiary/aromatic N) is 3. The van der Waals surface area contributed by atoms with E-state index in [2.05, 4.69) is 26.9 Å². The highest BCUT2D eigenvalue weighted by Crippen LogP contribution is 2.17. The number of piperazine rings is 1. The molecule has 2 aromatic rings. The van der Waals surface area contributed by atoms with Crippen molar-refractivity contribution < 1.29 is 9.59 Å². The van der Waals surface area contributed by atoms with Crippen molar-refractivity contribution in [3.05, 3.63) is 65.7 Å². The molecular formula is C26H34N4O2. The van der Waals surface area contributed by atoms with Crippen LogP contribution in [0.4, 0.5) is 5.69 Å². The summed E-state index contributed by atoms with van der Waals surface area (Å²) < 4.78 is 0. The van der Waals surface area contributed by atoms with Gasteiger partial charge in [0, 0.05) is 56.6 Å². The van der Waals surface area contributed by atoms with Crippen molar-refractivity contribution in [1.29, 1.82) is 0 Å². The summed E-state index contributed by atoms with van der Waals surface area (Å²) in [7, 11) is 0. The molecule has 1 N–H and O–H groups in total. The van der Waals surface area contributed by atoms with E-state index in [0.29, 0.717) is 18.2 Å². The zero-order valence-electron chi connectivity index (χ0n) is 19.0. The Morgan fingerprint density at radius 3 is 2.25 bits per heavy atom. The fourth-order valence-electron chi connectivity index (χ4n) is 4.60. The topological polar surface area (TPSA) is 55.9 Å². The van der Waals surface area contributed by atoms with Crippen molar-refractivity contribution in [1.82, 2.24) is 14.7 Å². The van der Waals surface area contributed by atoms with Gasteiger partial charge in [-0.15, -0.1) is 0 Å². The van der Waals surface area contributed by atoms with E-state index in [1.807, 2.05) is 54.6 Å². The Balaban J connectivity index is 1.22. The monoisotopic (exact) mass is 434 g/mol. The average molecular weight is 435 g/mol. The quantitative estimate of drug-likeness (QED) is 0.757. The molecule has 0 bridgehead atoms. The molecule has 2 saturated heterocycles. The van der Waals surface area contributed by atoms with Gasteiger partial charge in [-0.3, -0.25) is 19.4 Å².